The number of piperidine rings is 1. The summed E-state index contributed by atoms with van der Waals surface area (Å²) < 4.78 is 71.4. The van der Waals surface area contributed by atoms with Crippen molar-refractivity contribution in [3.8, 4) is 17.1 Å². The van der Waals surface area contributed by atoms with E-state index in [0.29, 0.717) is 35.8 Å². The minimum absolute atomic E-state index is 0.110. The molecule has 0 spiro atoms. The Balaban J connectivity index is 1.27. The number of pyridine rings is 1. The van der Waals surface area contributed by atoms with Gasteiger partial charge in [-0.25, -0.2) is 13.8 Å². The highest BCUT2D eigenvalue weighted by atomic mass is 19.4. The van der Waals surface area contributed by atoms with Crippen molar-refractivity contribution in [1.29, 1.82) is 0 Å². The Kier molecular flexibility index (Phi) is 5.02. The highest BCUT2D eigenvalue weighted by Crippen LogP contribution is 2.40. The Bertz CT molecular complexity index is 1080. The third-order valence-electron chi connectivity index (χ3n) is 6.04. The van der Waals surface area contributed by atoms with Gasteiger partial charge in [0.25, 0.3) is 0 Å². The van der Waals surface area contributed by atoms with E-state index < -0.39 is 23.4 Å². The van der Waals surface area contributed by atoms with E-state index in [1.807, 2.05) is 0 Å². The number of rotatable bonds is 4. The normalized spacial score (nSPS) is 22.9. The summed E-state index contributed by atoms with van der Waals surface area (Å²) in [7, 11) is 0. The molecular weight excluding hydrogens is 431 g/mol. The van der Waals surface area contributed by atoms with Crippen LogP contribution >= 0.6 is 0 Å². The number of ether oxygens (including phenoxy) is 1. The molecule has 2 bridgehead atoms. The van der Waals surface area contributed by atoms with Crippen molar-refractivity contribution in [2.24, 2.45) is 0 Å². The molecule has 5 rings (SSSR count). The molecule has 2 atom stereocenters. The molecule has 2 unspecified atom stereocenters. The molecular formula is C22H19F5N4O. The molecule has 2 aliphatic rings. The minimum Gasteiger partial charge on any atom is -0.473 e. The van der Waals surface area contributed by atoms with Gasteiger partial charge in [-0.15, -0.1) is 5.10 Å². The van der Waals surface area contributed by atoms with Gasteiger partial charge in [-0.3, -0.25) is 5.10 Å². The number of nitrogens with zero attached hydrogens (tertiary/aromatic N) is 3. The fraction of sp³-hybridized carbons (Fsp3) is 0.364. The number of hydrogen-bond donors (Lipinski definition) is 1. The van der Waals surface area contributed by atoms with Crippen LogP contribution in [0.15, 0.2) is 42.6 Å². The second kappa shape index (κ2) is 7.75. The van der Waals surface area contributed by atoms with Gasteiger partial charge in [0, 0.05) is 48.8 Å². The van der Waals surface area contributed by atoms with Crippen molar-refractivity contribution in [2.75, 3.05) is 4.90 Å². The quantitative estimate of drug-likeness (QED) is 0.545. The Morgan fingerprint density at radius 2 is 1.66 bits per heavy atom. The summed E-state index contributed by atoms with van der Waals surface area (Å²) in [5, 5.41) is 6.84. The average Bonchev–Trinajstić information content (AvgIpc) is 3.29. The summed E-state index contributed by atoms with van der Waals surface area (Å²) in [5.41, 5.74) is 0.000195. The average molecular weight is 450 g/mol. The summed E-state index contributed by atoms with van der Waals surface area (Å²) in [6.45, 7) is 0. The van der Waals surface area contributed by atoms with E-state index in [1.54, 1.807) is 6.07 Å². The van der Waals surface area contributed by atoms with Crippen LogP contribution in [-0.2, 0) is 6.18 Å². The number of benzene rings is 1. The first-order valence-corrected chi connectivity index (χ1v) is 10.3. The van der Waals surface area contributed by atoms with Crippen LogP contribution in [0.5, 0.6) is 5.88 Å². The Morgan fingerprint density at radius 3 is 2.25 bits per heavy atom. The van der Waals surface area contributed by atoms with Crippen molar-refractivity contribution in [3.05, 3.63) is 59.8 Å². The van der Waals surface area contributed by atoms with Gasteiger partial charge >= 0.3 is 6.18 Å². The van der Waals surface area contributed by atoms with Gasteiger partial charge in [-0.05, 0) is 37.1 Å². The molecule has 2 aromatic heterocycles. The Morgan fingerprint density at radius 1 is 0.969 bits per heavy atom. The number of hydrogen-bond acceptors (Lipinski definition) is 4. The molecule has 2 fully saturated rings. The Hall–Kier alpha value is -3.17. The molecule has 1 aromatic carbocycles. The summed E-state index contributed by atoms with van der Waals surface area (Å²) in [6, 6.07) is 7.51. The molecule has 32 heavy (non-hydrogen) atoms. The van der Waals surface area contributed by atoms with Crippen molar-refractivity contribution < 1.29 is 26.7 Å². The van der Waals surface area contributed by atoms with E-state index in [0.717, 1.165) is 31.2 Å². The third kappa shape index (κ3) is 4.01. The van der Waals surface area contributed by atoms with Crippen molar-refractivity contribution in [2.45, 2.75) is 50.0 Å². The van der Waals surface area contributed by atoms with Crippen LogP contribution in [0.25, 0.3) is 11.3 Å². The molecule has 5 nitrogen and oxygen atoms in total. The van der Waals surface area contributed by atoms with Crippen LogP contribution in [0, 0.1) is 11.6 Å². The van der Waals surface area contributed by atoms with Crippen LogP contribution in [0.1, 0.15) is 31.2 Å². The molecule has 168 valence electrons. The number of alkyl halides is 3. The molecule has 2 saturated heterocycles. The molecule has 1 N–H and O–H groups in total. The zero-order valence-corrected chi connectivity index (χ0v) is 16.7. The van der Waals surface area contributed by atoms with Gasteiger partial charge in [0.15, 0.2) is 0 Å². The molecule has 0 radical (unpaired) electrons. The van der Waals surface area contributed by atoms with Gasteiger partial charge in [0.05, 0.1) is 11.3 Å². The van der Waals surface area contributed by atoms with Gasteiger partial charge in [0.2, 0.25) is 5.88 Å². The first-order valence-electron chi connectivity index (χ1n) is 10.3. The predicted molar refractivity (Wildman–Crippen MR) is 106 cm³/mol. The second-order valence-corrected chi connectivity index (χ2v) is 8.18. The molecule has 0 saturated carbocycles. The smallest absolute Gasteiger partial charge is 0.417 e. The first kappa shape index (κ1) is 20.7. The summed E-state index contributed by atoms with van der Waals surface area (Å²) in [6.07, 6.45) is -0.503. The lowest BCUT2D eigenvalue weighted by Gasteiger charge is -2.39. The van der Waals surface area contributed by atoms with Crippen LogP contribution in [0.4, 0.5) is 27.8 Å². The van der Waals surface area contributed by atoms with Gasteiger partial charge in [-0.1, -0.05) is 0 Å². The predicted octanol–water partition coefficient (Wildman–Crippen LogP) is 5.35. The van der Waals surface area contributed by atoms with Crippen LogP contribution in [0.3, 0.4) is 0 Å². The van der Waals surface area contributed by atoms with Crippen molar-refractivity contribution >= 4 is 5.82 Å². The van der Waals surface area contributed by atoms with Crippen LogP contribution < -0.4 is 9.64 Å². The van der Waals surface area contributed by atoms with Gasteiger partial charge in [-0.2, -0.15) is 13.2 Å². The number of H-pyrrole nitrogens is 1. The van der Waals surface area contributed by atoms with E-state index in [1.165, 1.54) is 18.2 Å². The number of nitrogens with one attached hydrogen (secondary N) is 1. The topological polar surface area (TPSA) is 54.0 Å². The maximum atomic E-state index is 13.5. The lowest BCUT2D eigenvalue weighted by molar-refractivity contribution is -0.137. The van der Waals surface area contributed by atoms with E-state index >= 15 is 0 Å². The maximum absolute atomic E-state index is 13.5. The summed E-state index contributed by atoms with van der Waals surface area (Å²) in [4.78, 5) is 6.15. The van der Waals surface area contributed by atoms with E-state index in [4.69, 9.17) is 4.74 Å². The van der Waals surface area contributed by atoms with Crippen LogP contribution in [0.2, 0.25) is 0 Å². The number of anilines is 1. The monoisotopic (exact) mass is 450 g/mol. The van der Waals surface area contributed by atoms with Crippen molar-refractivity contribution in [3.63, 3.8) is 0 Å². The van der Waals surface area contributed by atoms with Crippen LogP contribution in [-0.4, -0.2) is 33.4 Å². The van der Waals surface area contributed by atoms with Crippen molar-refractivity contribution in [1.82, 2.24) is 15.2 Å². The number of fused-ring (bicyclic) bond motifs is 2. The fourth-order valence-corrected chi connectivity index (χ4v) is 4.70. The molecule has 4 heterocycles. The summed E-state index contributed by atoms with van der Waals surface area (Å²) in [5.74, 6) is -0.495. The largest absolute Gasteiger partial charge is 0.473 e. The zero-order valence-electron chi connectivity index (χ0n) is 16.7. The molecule has 0 aliphatic carbocycles. The molecule has 3 aromatic rings. The SMILES string of the molecule is Fc1cc(F)cc(-c2cc(OC3CC4CCC(C3)N4c3ccc(C(F)(F)F)cn3)n[nH]2)c1. The lowest BCUT2D eigenvalue weighted by atomic mass is 9.99. The minimum atomic E-state index is -4.41. The lowest BCUT2D eigenvalue weighted by Crippen LogP contribution is -2.46. The first-order chi connectivity index (χ1) is 15.3. The molecule has 0 amide bonds. The molecule has 10 heteroatoms. The number of aromatic nitrogens is 3. The van der Waals surface area contributed by atoms with Gasteiger partial charge in [0.1, 0.15) is 23.6 Å². The van der Waals surface area contributed by atoms with E-state index in [9.17, 15) is 22.0 Å². The number of halogens is 5. The second-order valence-electron chi connectivity index (χ2n) is 8.18. The summed E-state index contributed by atoms with van der Waals surface area (Å²) >= 11 is 0. The highest BCUT2D eigenvalue weighted by Gasteiger charge is 2.42. The standard InChI is InChI=1S/C22H19F5N4O/c23-14-5-12(6-15(24)7-14)19-10-21(30-29-19)32-18-8-16-2-3-17(9-18)31(16)20-4-1-13(11-28-20)22(25,26)27/h1,4-7,10-11,16-18H,2-3,8-9H2,(H,29,30). The zero-order chi connectivity index (χ0) is 22.5. The molecule has 2 aliphatic heterocycles. The highest BCUT2D eigenvalue weighted by molar-refractivity contribution is 5.60. The fourth-order valence-electron chi connectivity index (χ4n) is 4.70. The third-order valence-corrected chi connectivity index (χ3v) is 6.04. The maximum Gasteiger partial charge on any atom is 0.417 e. The number of aromatic amines is 1. The van der Waals surface area contributed by atoms with E-state index in [-0.39, 0.29) is 18.2 Å². The Labute approximate surface area is 180 Å². The van der Waals surface area contributed by atoms with Gasteiger partial charge < -0.3 is 9.64 Å². The van der Waals surface area contributed by atoms with E-state index in [2.05, 4.69) is 20.1 Å².